The first-order chi connectivity index (χ1) is 6.61. The molecule has 14 heavy (non-hydrogen) atoms. The van der Waals surface area contributed by atoms with E-state index in [1.54, 1.807) is 0 Å². The van der Waals surface area contributed by atoms with Gasteiger partial charge in [-0.05, 0) is 32.6 Å². The Kier molecular flexibility index (Phi) is 4.14. The highest BCUT2D eigenvalue weighted by Crippen LogP contribution is 2.21. The largest absolute Gasteiger partial charge is 0.459 e. The lowest BCUT2D eigenvalue weighted by atomic mass is 9.98. The highest BCUT2D eigenvalue weighted by Gasteiger charge is 2.20. The van der Waals surface area contributed by atoms with Crippen LogP contribution >= 0.6 is 0 Å². The van der Waals surface area contributed by atoms with Crippen LogP contribution in [0, 0.1) is 0 Å². The van der Waals surface area contributed by atoms with Crippen molar-refractivity contribution >= 4 is 5.97 Å². The van der Waals surface area contributed by atoms with Crippen molar-refractivity contribution in [3.63, 3.8) is 0 Å². The molecule has 1 saturated carbocycles. The van der Waals surface area contributed by atoms with E-state index in [1.807, 2.05) is 0 Å². The maximum Gasteiger partial charge on any atom is 0.336 e. The van der Waals surface area contributed by atoms with E-state index in [2.05, 4.69) is 6.58 Å². The number of aliphatic hydroxyl groups excluding tert-OH is 1. The van der Waals surface area contributed by atoms with Crippen LogP contribution in [0.4, 0.5) is 0 Å². The van der Waals surface area contributed by atoms with Crippen LogP contribution in [0.15, 0.2) is 12.2 Å². The Balaban J connectivity index is 2.35. The monoisotopic (exact) mass is 198 g/mol. The minimum atomic E-state index is -0.814. The van der Waals surface area contributed by atoms with Crippen molar-refractivity contribution in [3.05, 3.63) is 12.2 Å². The summed E-state index contributed by atoms with van der Waals surface area (Å²) >= 11 is 0. The third kappa shape index (κ3) is 3.14. The van der Waals surface area contributed by atoms with Crippen LogP contribution in [0.2, 0.25) is 0 Å². The molecule has 0 aliphatic heterocycles. The fourth-order valence-electron chi connectivity index (χ4n) is 1.58. The standard InChI is InChI=1S/C11H18O3/c1-8(9(2)12)11(13)14-10-6-4-3-5-7-10/h9-10,12H,1,3-7H2,2H3. The lowest BCUT2D eigenvalue weighted by Crippen LogP contribution is -2.24. The van der Waals surface area contributed by atoms with Crippen LogP contribution in [-0.4, -0.2) is 23.3 Å². The first-order valence-electron chi connectivity index (χ1n) is 5.19. The Morgan fingerprint density at radius 3 is 2.50 bits per heavy atom. The van der Waals surface area contributed by atoms with E-state index < -0.39 is 12.1 Å². The molecule has 0 aromatic rings. The molecule has 1 rings (SSSR count). The SMILES string of the molecule is C=C(C(=O)OC1CCCCC1)C(C)O. The van der Waals surface area contributed by atoms with Gasteiger partial charge < -0.3 is 9.84 Å². The van der Waals surface area contributed by atoms with Crippen molar-refractivity contribution in [2.24, 2.45) is 0 Å². The molecule has 80 valence electrons. The van der Waals surface area contributed by atoms with E-state index in [0.717, 1.165) is 25.7 Å². The van der Waals surface area contributed by atoms with Crippen molar-refractivity contribution in [2.45, 2.75) is 51.2 Å². The van der Waals surface area contributed by atoms with Crippen LogP contribution in [0.25, 0.3) is 0 Å². The number of aliphatic hydroxyl groups is 1. The summed E-state index contributed by atoms with van der Waals surface area (Å²) in [6.07, 6.45) is 4.58. The third-order valence-electron chi connectivity index (χ3n) is 2.59. The molecule has 3 heteroatoms. The number of ether oxygens (including phenoxy) is 1. The Hall–Kier alpha value is -0.830. The predicted molar refractivity (Wildman–Crippen MR) is 53.8 cm³/mol. The molecule has 1 aliphatic rings. The van der Waals surface area contributed by atoms with Gasteiger partial charge in [0, 0.05) is 0 Å². The fraction of sp³-hybridized carbons (Fsp3) is 0.727. The van der Waals surface area contributed by atoms with Crippen LogP contribution in [0.1, 0.15) is 39.0 Å². The van der Waals surface area contributed by atoms with Crippen LogP contribution in [0.5, 0.6) is 0 Å². The maximum absolute atomic E-state index is 11.4. The Bertz CT molecular complexity index is 215. The van der Waals surface area contributed by atoms with Gasteiger partial charge in [-0.1, -0.05) is 13.0 Å². The van der Waals surface area contributed by atoms with Crippen LogP contribution in [0.3, 0.4) is 0 Å². The zero-order valence-electron chi connectivity index (χ0n) is 8.66. The number of carbonyl (C=O) groups excluding carboxylic acids is 1. The minimum Gasteiger partial charge on any atom is -0.459 e. The summed E-state index contributed by atoms with van der Waals surface area (Å²) in [7, 11) is 0. The maximum atomic E-state index is 11.4. The molecular weight excluding hydrogens is 180 g/mol. The second-order valence-electron chi connectivity index (χ2n) is 3.87. The molecule has 0 aromatic carbocycles. The summed E-state index contributed by atoms with van der Waals surface area (Å²) in [4.78, 5) is 11.4. The molecule has 1 aliphatic carbocycles. The van der Waals surface area contributed by atoms with E-state index >= 15 is 0 Å². The molecule has 1 unspecified atom stereocenters. The molecule has 0 amide bonds. The van der Waals surface area contributed by atoms with Gasteiger partial charge in [0.05, 0.1) is 11.7 Å². The molecule has 0 heterocycles. The number of rotatable bonds is 3. The van der Waals surface area contributed by atoms with Gasteiger partial charge in [-0.25, -0.2) is 4.79 Å². The predicted octanol–water partition coefficient (Wildman–Crippen LogP) is 1.80. The van der Waals surface area contributed by atoms with Gasteiger partial charge >= 0.3 is 5.97 Å². The topological polar surface area (TPSA) is 46.5 Å². The molecule has 1 atom stereocenters. The van der Waals surface area contributed by atoms with Gasteiger partial charge in [0.25, 0.3) is 0 Å². The van der Waals surface area contributed by atoms with E-state index in [-0.39, 0.29) is 11.7 Å². The van der Waals surface area contributed by atoms with Crippen molar-refractivity contribution < 1.29 is 14.6 Å². The van der Waals surface area contributed by atoms with Gasteiger partial charge in [0.2, 0.25) is 0 Å². The van der Waals surface area contributed by atoms with Crippen molar-refractivity contribution in [3.8, 4) is 0 Å². The molecule has 3 nitrogen and oxygen atoms in total. The van der Waals surface area contributed by atoms with Crippen LogP contribution in [-0.2, 0) is 9.53 Å². The summed E-state index contributed by atoms with van der Waals surface area (Å²) in [6.45, 7) is 5.01. The molecule has 0 radical (unpaired) electrons. The molecule has 1 N–H and O–H groups in total. The highest BCUT2D eigenvalue weighted by atomic mass is 16.5. The zero-order valence-corrected chi connectivity index (χ0v) is 8.66. The normalized spacial score (nSPS) is 20.1. The number of carbonyl (C=O) groups is 1. The average Bonchev–Trinajstić information content (AvgIpc) is 2.18. The van der Waals surface area contributed by atoms with Gasteiger partial charge in [0.15, 0.2) is 0 Å². The quantitative estimate of drug-likeness (QED) is 0.555. The van der Waals surface area contributed by atoms with E-state index in [4.69, 9.17) is 9.84 Å². The smallest absolute Gasteiger partial charge is 0.336 e. The fourth-order valence-corrected chi connectivity index (χ4v) is 1.58. The number of esters is 1. The van der Waals surface area contributed by atoms with Crippen molar-refractivity contribution in [1.29, 1.82) is 0 Å². The molecule has 1 fully saturated rings. The van der Waals surface area contributed by atoms with Gasteiger partial charge in [-0.3, -0.25) is 0 Å². The lowest BCUT2D eigenvalue weighted by molar-refractivity contribution is -0.146. The van der Waals surface area contributed by atoms with Gasteiger partial charge in [-0.2, -0.15) is 0 Å². The highest BCUT2D eigenvalue weighted by molar-refractivity contribution is 5.88. The summed E-state index contributed by atoms with van der Waals surface area (Å²) in [5.74, 6) is -0.452. The molecule has 0 aromatic heterocycles. The third-order valence-corrected chi connectivity index (χ3v) is 2.59. The summed E-state index contributed by atoms with van der Waals surface area (Å²) < 4.78 is 5.22. The van der Waals surface area contributed by atoms with Crippen molar-refractivity contribution in [1.82, 2.24) is 0 Å². The first-order valence-corrected chi connectivity index (χ1v) is 5.19. The summed E-state index contributed by atoms with van der Waals surface area (Å²) in [5.41, 5.74) is 0.149. The number of hydrogen-bond donors (Lipinski definition) is 1. The zero-order chi connectivity index (χ0) is 10.6. The van der Waals surface area contributed by atoms with Crippen LogP contribution < -0.4 is 0 Å². The Labute approximate surface area is 84.8 Å². The number of hydrogen-bond acceptors (Lipinski definition) is 3. The lowest BCUT2D eigenvalue weighted by Gasteiger charge is -2.22. The first kappa shape index (κ1) is 11.2. The molecule has 0 bridgehead atoms. The average molecular weight is 198 g/mol. The Morgan fingerprint density at radius 1 is 1.43 bits per heavy atom. The van der Waals surface area contributed by atoms with E-state index in [0.29, 0.717) is 0 Å². The van der Waals surface area contributed by atoms with Gasteiger partial charge in [-0.15, -0.1) is 0 Å². The van der Waals surface area contributed by atoms with Gasteiger partial charge in [0.1, 0.15) is 6.10 Å². The second-order valence-corrected chi connectivity index (χ2v) is 3.87. The van der Waals surface area contributed by atoms with E-state index in [9.17, 15) is 4.79 Å². The second kappa shape index (κ2) is 5.15. The molecule has 0 saturated heterocycles. The van der Waals surface area contributed by atoms with E-state index in [1.165, 1.54) is 13.3 Å². The Morgan fingerprint density at radius 2 is 2.00 bits per heavy atom. The molecule has 0 spiro atoms. The summed E-state index contributed by atoms with van der Waals surface area (Å²) in [5, 5.41) is 9.12. The van der Waals surface area contributed by atoms with Crippen molar-refractivity contribution in [2.75, 3.05) is 0 Å². The molecular formula is C11H18O3. The minimum absolute atomic E-state index is 0.0340. The summed E-state index contributed by atoms with van der Waals surface area (Å²) in [6, 6.07) is 0.